The zero-order valence-corrected chi connectivity index (χ0v) is 17.8. The van der Waals surface area contributed by atoms with E-state index in [4.69, 9.17) is 13.9 Å². The topological polar surface area (TPSA) is 47.9 Å². The number of benzene rings is 1. The monoisotopic (exact) mass is 384 g/mol. The van der Waals surface area contributed by atoms with Crippen molar-refractivity contribution in [3.05, 3.63) is 29.8 Å². The Morgan fingerprint density at radius 1 is 1.19 bits per heavy atom. The van der Waals surface area contributed by atoms with Crippen LogP contribution in [-0.2, 0) is 15.8 Å². The second-order valence-electron chi connectivity index (χ2n) is 8.66. The number of halogens is 1. The number of hydrogen-bond donors (Lipinski definition) is 1. The molecule has 26 heavy (non-hydrogen) atoms. The van der Waals surface area contributed by atoms with Crippen LogP contribution in [0.15, 0.2) is 24.3 Å². The van der Waals surface area contributed by atoms with Crippen LogP contribution in [0.1, 0.15) is 32.8 Å². The van der Waals surface area contributed by atoms with Crippen molar-refractivity contribution in [2.24, 2.45) is 5.92 Å². The van der Waals surface area contributed by atoms with Crippen molar-refractivity contribution < 1.29 is 23.4 Å². The van der Waals surface area contributed by atoms with Gasteiger partial charge in [-0.1, -0.05) is 32.9 Å². The summed E-state index contributed by atoms with van der Waals surface area (Å²) in [6.45, 7) is 10.9. The van der Waals surface area contributed by atoms with Crippen molar-refractivity contribution in [3.8, 4) is 5.75 Å². The smallest absolute Gasteiger partial charge is 0.192 e. The molecule has 0 radical (unpaired) electrons. The SMILES string of the molecule is COc1ccc(COC2CC(CO)C(O[Si](C)(C)C(C)(C)C)C2F)cc1. The summed E-state index contributed by atoms with van der Waals surface area (Å²) >= 11 is 0. The van der Waals surface area contributed by atoms with Crippen LogP contribution >= 0.6 is 0 Å². The highest BCUT2D eigenvalue weighted by Crippen LogP contribution is 2.42. The van der Waals surface area contributed by atoms with Crippen LogP contribution in [-0.4, -0.2) is 45.5 Å². The van der Waals surface area contributed by atoms with Crippen molar-refractivity contribution in [2.75, 3.05) is 13.7 Å². The molecule has 1 fully saturated rings. The van der Waals surface area contributed by atoms with Crippen LogP contribution in [0.3, 0.4) is 0 Å². The van der Waals surface area contributed by atoms with Gasteiger partial charge in [0.1, 0.15) is 5.75 Å². The molecule has 4 unspecified atom stereocenters. The van der Waals surface area contributed by atoms with Gasteiger partial charge in [0.05, 0.1) is 25.9 Å². The average molecular weight is 385 g/mol. The van der Waals surface area contributed by atoms with Gasteiger partial charge < -0.3 is 19.0 Å². The Hall–Kier alpha value is -0.953. The van der Waals surface area contributed by atoms with Crippen molar-refractivity contribution in [2.45, 2.75) is 70.3 Å². The zero-order valence-electron chi connectivity index (χ0n) is 16.8. The highest BCUT2D eigenvalue weighted by molar-refractivity contribution is 6.74. The van der Waals surface area contributed by atoms with Crippen LogP contribution in [0, 0.1) is 5.92 Å². The summed E-state index contributed by atoms with van der Waals surface area (Å²) in [6, 6.07) is 7.54. The highest BCUT2D eigenvalue weighted by atomic mass is 28.4. The Morgan fingerprint density at radius 2 is 1.81 bits per heavy atom. The third-order valence-corrected chi connectivity index (χ3v) is 10.2. The molecule has 1 aliphatic carbocycles. The highest BCUT2D eigenvalue weighted by Gasteiger charge is 2.49. The summed E-state index contributed by atoms with van der Waals surface area (Å²) < 4.78 is 32.4. The second kappa shape index (κ2) is 8.38. The van der Waals surface area contributed by atoms with E-state index in [0.717, 1.165) is 11.3 Å². The standard InChI is InChI=1S/C20H33FO4Si/c1-20(2,3)26(5,6)25-19-15(12-22)11-17(18(19)21)24-13-14-7-9-16(23-4)10-8-14/h7-10,15,17-19,22H,11-13H2,1-6H3. The Bertz CT molecular complexity index is 570. The molecule has 6 heteroatoms. The van der Waals surface area contributed by atoms with Gasteiger partial charge in [-0.15, -0.1) is 0 Å². The van der Waals surface area contributed by atoms with E-state index < -0.39 is 26.7 Å². The molecule has 1 aromatic rings. The summed E-state index contributed by atoms with van der Waals surface area (Å²) in [5.41, 5.74) is 0.965. The van der Waals surface area contributed by atoms with Crippen LogP contribution in [0.25, 0.3) is 0 Å². The van der Waals surface area contributed by atoms with E-state index in [-0.39, 0.29) is 17.6 Å². The number of methoxy groups -OCH3 is 1. The maximum atomic E-state index is 15.1. The Morgan fingerprint density at radius 3 is 2.31 bits per heavy atom. The fourth-order valence-electron chi connectivity index (χ4n) is 2.98. The van der Waals surface area contributed by atoms with Gasteiger partial charge in [0, 0.05) is 12.5 Å². The molecular formula is C20H33FO4Si. The summed E-state index contributed by atoms with van der Waals surface area (Å²) in [7, 11) is -0.497. The van der Waals surface area contributed by atoms with E-state index >= 15 is 4.39 Å². The molecular weight excluding hydrogens is 351 g/mol. The van der Waals surface area contributed by atoms with Crippen LogP contribution in [0.5, 0.6) is 5.75 Å². The maximum absolute atomic E-state index is 15.1. The molecule has 4 nitrogen and oxygen atoms in total. The fourth-order valence-corrected chi connectivity index (χ4v) is 4.33. The normalized spacial score (nSPS) is 26.9. The predicted molar refractivity (Wildman–Crippen MR) is 104 cm³/mol. The predicted octanol–water partition coefficient (Wildman–Crippen LogP) is 4.32. The molecule has 1 N–H and O–H groups in total. The van der Waals surface area contributed by atoms with Crippen LogP contribution < -0.4 is 4.74 Å². The largest absolute Gasteiger partial charge is 0.497 e. The first kappa shape index (κ1) is 21.3. The van der Waals surface area contributed by atoms with E-state index in [1.165, 1.54) is 0 Å². The Kier molecular flexibility index (Phi) is 6.88. The van der Waals surface area contributed by atoms with E-state index in [1.807, 2.05) is 24.3 Å². The van der Waals surface area contributed by atoms with E-state index in [0.29, 0.717) is 13.0 Å². The first-order valence-electron chi connectivity index (χ1n) is 9.26. The molecule has 0 aromatic heterocycles. The van der Waals surface area contributed by atoms with Gasteiger partial charge in [-0.2, -0.15) is 0 Å². The number of ether oxygens (including phenoxy) is 2. The van der Waals surface area contributed by atoms with Crippen molar-refractivity contribution in [1.29, 1.82) is 0 Å². The van der Waals surface area contributed by atoms with Gasteiger partial charge in [0.25, 0.3) is 0 Å². The molecule has 148 valence electrons. The summed E-state index contributed by atoms with van der Waals surface area (Å²) in [6.07, 6.45) is -1.89. The Balaban J connectivity index is 2.00. The van der Waals surface area contributed by atoms with E-state index in [2.05, 4.69) is 33.9 Å². The molecule has 0 spiro atoms. The number of rotatable bonds is 7. The van der Waals surface area contributed by atoms with Crippen molar-refractivity contribution in [1.82, 2.24) is 0 Å². The number of aliphatic hydroxyl groups is 1. The lowest BCUT2D eigenvalue weighted by Crippen LogP contribution is -2.48. The fraction of sp³-hybridized carbons (Fsp3) is 0.700. The number of hydrogen-bond acceptors (Lipinski definition) is 4. The lowest BCUT2D eigenvalue weighted by Gasteiger charge is -2.40. The summed E-state index contributed by atoms with van der Waals surface area (Å²) in [4.78, 5) is 0. The first-order valence-corrected chi connectivity index (χ1v) is 12.2. The third kappa shape index (κ3) is 4.85. The minimum absolute atomic E-state index is 0.00519. The lowest BCUT2D eigenvalue weighted by molar-refractivity contribution is -0.0214. The van der Waals surface area contributed by atoms with Gasteiger partial charge in [0.15, 0.2) is 14.5 Å². The molecule has 1 aliphatic rings. The average Bonchev–Trinajstić information content (AvgIpc) is 2.87. The van der Waals surface area contributed by atoms with Crippen LogP contribution in [0.2, 0.25) is 18.1 Å². The quantitative estimate of drug-likeness (QED) is 0.711. The molecule has 4 atom stereocenters. The molecule has 0 saturated heterocycles. The third-order valence-electron chi connectivity index (χ3n) is 5.76. The van der Waals surface area contributed by atoms with Gasteiger partial charge in [-0.05, 0) is 42.2 Å². The van der Waals surface area contributed by atoms with E-state index in [9.17, 15) is 5.11 Å². The first-order chi connectivity index (χ1) is 12.1. The Labute approximate surface area is 157 Å². The molecule has 0 heterocycles. The molecule has 0 bridgehead atoms. The van der Waals surface area contributed by atoms with Crippen molar-refractivity contribution >= 4 is 8.32 Å². The van der Waals surface area contributed by atoms with Gasteiger partial charge in [-0.25, -0.2) is 4.39 Å². The summed E-state index contributed by atoms with van der Waals surface area (Å²) in [5, 5.41) is 9.71. The van der Waals surface area contributed by atoms with Crippen molar-refractivity contribution in [3.63, 3.8) is 0 Å². The van der Waals surface area contributed by atoms with Gasteiger partial charge >= 0.3 is 0 Å². The lowest BCUT2D eigenvalue weighted by atomic mass is 10.1. The number of alkyl halides is 1. The second-order valence-corrected chi connectivity index (χ2v) is 13.4. The minimum atomic E-state index is -2.12. The van der Waals surface area contributed by atoms with Crippen LogP contribution in [0.4, 0.5) is 4.39 Å². The molecule has 1 saturated carbocycles. The minimum Gasteiger partial charge on any atom is -0.497 e. The molecule has 2 rings (SSSR count). The van der Waals surface area contributed by atoms with Gasteiger partial charge in [-0.3, -0.25) is 0 Å². The summed E-state index contributed by atoms with van der Waals surface area (Å²) in [5.74, 6) is 0.557. The molecule has 0 amide bonds. The van der Waals surface area contributed by atoms with Gasteiger partial charge in [0.2, 0.25) is 0 Å². The number of aliphatic hydroxyl groups excluding tert-OH is 1. The molecule has 1 aromatic carbocycles. The maximum Gasteiger partial charge on any atom is 0.192 e. The molecule has 0 aliphatic heterocycles. The zero-order chi connectivity index (χ0) is 19.5. The van der Waals surface area contributed by atoms with E-state index in [1.54, 1.807) is 7.11 Å².